The molecule has 0 amide bonds. The van der Waals surface area contributed by atoms with Crippen molar-refractivity contribution in [3.8, 4) is 11.5 Å². The Kier molecular flexibility index (Phi) is 6.69. The molecule has 0 saturated heterocycles. The quantitative estimate of drug-likeness (QED) is 0.436. The molecule has 2 aromatic carbocycles. The van der Waals surface area contributed by atoms with E-state index in [1.165, 1.54) is 0 Å². The summed E-state index contributed by atoms with van der Waals surface area (Å²) < 4.78 is 124. The number of aromatic nitrogens is 4. The van der Waals surface area contributed by atoms with Crippen molar-refractivity contribution in [2.45, 2.75) is 24.7 Å². The summed E-state index contributed by atoms with van der Waals surface area (Å²) in [7, 11) is 0. The highest BCUT2D eigenvalue weighted by atomic mass is 19.4. The van der Waals surface area contributed by atoms with Gasteiger partial charge in [0, 0.05) is 5.92 Å². The molecule has 3 rings (SSSR count). The van der Waals surface area contributed by atoms with Gasteiger partial charge in [-0.15, -0.1) is 36.5 Å². The lowest BCUT2D eigenvalue weighted by Gasteiger charge is -2.25. The summed E-state index contributed by atoms with van der Waals surface area (Å²) >= 11 is 0. The Hall–Kier alpha value is -3.52. The fourth-order valence-corrected chi connectivity index (χ4v) is 3.08. The molecular formula is C18H11F9N4O2. The number of alkyl halides is 7. The maximum Gasteiger partial charge on any atom is 0.573 e. The molecule has 0 radical (unpaired) electrons. The molecule has 178 valence electrons. The van der Waals surface area contributed by atoms with Crippen LogP contribution in [0.5, 0.6) is 11.5 Å². The SMILES string of the molecule is FCC(C(c1ccc(OC(F)(F)F)c(F)c1)c1ccc(OC(F)(F)F)c(F)c1)n1ncnn1. The summed E-state index contributed by atoms with van der Waals surface area (Å²) in [4.78, 5) is 0.751. The third-order valence-electron chi connectivity index (χ3n) is 4.29. The van der Waals surface area contributed by atoms with Gasteiger partial charge in [-0.2, -0.15) is 4.80 Å². The van der Waals surface area contributed by atoms with Gasteiger partial charge in [0.05, 0.1) is 0 Å². The molecule has 1 unspecified atom stereocenters. The molecule has 1 heterocycles. The number of hydrogen-bond donors (Lipinski definition) is 0. The molecule has 1 atom stereocenters. The summed E-state index contributed by atoms with van der Waals surface area (Å²) in [6, 6.07) is 2.89. The summed E-state index contributed by atoms with van der Waals surface area (Å²) in [6.07, 6.45) is -9.45. The van der Waals surface area contributed by atoms with Gasteiger partial charge in [-0.3, -0.25) is 0 Å². The monoisotopic (exact) mass is 486 g/mol. The van der Waals surface area contributed by atoms with Crippen LogP contribution >= 0.6 is 0 Å². The molecule has 3 aromatic rings. The number of hydrogen-bond acceptors (Lipinski definition) is 5. The second-order valence-electron chi connectivity index (χ2n) is 6.43. The zero-order valence-corrected chi connectivity index (χ0v) is 15.9. The van der Waals surface area contributed by atoms with Crippen LogP contribution in [0, 0.1) is 11.6 Å². The lowest BCUT2D eigenvalue weighted by molar-refractivity contribution is -0.276. The average molecular weight is 486 g/mol. The molecule has 1 aromatic heterocycles. The van der Waals surface area contributed by atoms with Crippen LogP contribution in [-0.2, 0) is 0 Å². The molecule has 0 spiro atoms. The molecule has 0 bridgehead atoms. The zero-order valence-electron chi connectivity index (χ0n) is 15.9. The van der Waals surface area contributed by atoms with Crippen molar-refractivity contribution in [1.82, 2.24) is 20.2 Å². The Labute approximate surface area is 178 Å². The van der Waals surface area contributed by atoms with E-state index in [9.17, 15) is 39.5 Å². The lowest BCUT2D eigenvalue weighted by Crippen LogP contribution is -2.24. The smallest absolute Gasteiger partial charge is 0.403 e. The fourth-order valence-electron chi connectivity index (χ4n) is 3.08. The van der Waals surface area contributed by atoms with Gasteiger partial charge in [0.15, 0.2) is 29.5 Å². The predicted molar refractivity (Wildman–Crippen MR) is 90.8 cm³/mol. The van der Waals surface area contributed by atoms with E-state index in [4.69, 9.17) is 0 Å². The van der Waals surface area contributed by atoms with Gasteiger partial charge in [0.1, 0.15) is 12.7 Å². The second kappa shape index (κ2) is 9.15. The van der Waals surface area contributed by atoms with Crippen molar-refractivity contribution in [1.29, 1.82) is 0 Å². The summed E-state index contributed by atoms with van der Waals surface area (Å²) in [5.74, 6) is -6.68. The number of ether oxygens (including phenoxy) is 2. The molecule has 0 N–H and O–H groups in total. The van der Waals surface area contributed by atoms with E-state index in [0.717, 1.165) is 23.3 Å². The molecule has 0 aliphatic carbocycles. The molecule has 0 aliphatic rings. The summed E-state index contributed by atoms with van der Waals surface area (Å²) in [5.41, 5.74) is -0.350. The first-order chi connectivity index (χ1) is 15.4. The van der Waals surface area contributed by atoms with Crippen LogP contribution in [0.4, 0.5) is 39.5 Å². The minimum absolute atomic E-state index is 0.175. The highest BCUT2D eigenvalue weighted by Crippen LogP contribution is 2.39. The normalized spacial score (nSPS) is 13.3. The first-order valence-electron chi connectivity index (χ1n) is 8.77. The van der Waals surface area contributed by atoms with E-state index < -0.39 is 54.5 Å². The molecule has 0 aliphatic heterocycles. The van der Waals surface area contributed by atoms with Crippen molar-refractivity contribution in [2.75, 3.05) is 6.67 Å². The van der Waals surface area contributed by atoms with E-state index >= 15 is 0 Å². The molecule has 15 heteroatoms. The van der Waals surface area contributed by atoms with Gasteiger partial charge in [0.2, 0.25) is 0 Å². The number of rotatable bonds is 7. The van der Waals surface area contributed by atoms with Crippen LogP contribution in [0.3, 0.4) is 0 Å². The Morgan fingerprint density at radius 1 is 0.818 bits per heavy atom. The van der Waals surface area contributed by atoms with Crippen molar-refractivity contribution in [3.63, 3.8) is 0 Å². The van der Waals surface area contributed by atoms with Gasteiger partial charge < -0.3 is 9.47 Å². The topological polar surface area (TPSA) is 62.1 Å². The molecule has 6 nitrogen and oxygen atoms in total. The van der Waals surface area contributed by atoms with E-state index in [-0.39, 0.29) is 11.1 Å². The Morgan fingerprint density at radius 2 is 1.30 bits per heavy atom. The van der Waals surface area contributed by atoms with E-state index in [2.05, 4.69) is 24.9 Å². The molecule has 0 saturated carbocycles. The lowest BCUT2D eigenvalue weighted by atomic mass is 9.85. The number of tetrazole rings is 1. The van der Waals surface area contributed by atoms with E-state index in [1.54, 1.807) is 0 Å². The van der Waals surface area contributed by atoms with Crippen LogP contribution < -0.4 is 9.47 Å². The molecule has 0 fully saturated rings. The third kappa shape index (κ3) is 6.04. The van der Waals surface area contributed by atoms with Crippen LogP contribution in [0.15, 0.2) is 42.7 Å². The Balaban J connectivity index is 2.08. The van der Waals surface area contributed by atoms with Crippen molar-refractivity contribution in [2.24, 2.45) is 0 Å². The average Bonchev–Trinajstić information content (AvgIpc) is 3.22. The highest BCUT2D eigenvalue weighted by molar-refractivity contribution is 5.40. The maximum absolute atomic E-state index is 14.3. The van der Waals surface area contributed by atoms with Crippen molar-refractivity contribution < 1.29 is 49.0 Å². The van der Waals surface area contributed by atoms with Gasteiger partial charge in [-0.25, -0.2) is 13.2 Å². The van der Waals surface area contributed by atoms with Crippen LogP contribution in [0.1, 0.15) is 23.1 Å². The van der Waals surface area contributed by atoms with Crippen LogP contribution in [-0.4, -0.2) is 39.6 Å². The van der Waals surface area contributed by atoms with Crippen molar-refractivity contribution in [3.05, 3.63) is 65.5 Å². The van der Waals surface area contributed by atoms with E-state index in [1.807, 2.05) is 0 Å². The van der Waals surface area contributed by atoms with Crippen LogP contribution in [0.2, 0.25) is 0 Å². The first-order valence-corrected chi connectivity index (χ1v) is 8.77. The first kappa shape index (κ1) is 24.1. The van der Waals surface area contributed by atoms with Crippen molar-refractivity contribution >= 4 is 0 Å². The highest BCUT2D eigenvalue weighted by Gasteiger charge is 2.35. The fraction of sp³-hybridized carbons (Fsp3) is 0.278. The maximum atomic E-state index is 14.3. The number of halogens is 9. The number of benzene rings is 2. The Bertz CT molecular complexity index is 1020. The zero-order chi connectivity index (χ0) is 24.4. The number of nitrogens with zero attached hydrogens (tertiary/aromatic N) is 4. The Morgan fingerprint density at radius 3 is 1.64 bits per heavy atom. The second-order valence-corrected chi connectivity index (χ2v) is 6.43. The minimum atomic E-state index is -5.19. The third-order valence-corrected chi connectivity index (χ3v) is 4.29. The minimum Gasteiger partial charge on any atom is -0.403 e. The van der Waals surface area contributed by atoms with Gasteiger partial charge >= 0.3 is 12.7 Å². The molecular weight excluding hydrogens is 475 g/mol. The largest absolute Gasteiger partial charge is 0.573 e. The van der Waals surface area contributed by atoms with Gasteiger partial charge in [-0.05, 0) is 40.6 Å². The standard InChI is InChI=1S/C18H11F9N4O2/c19-7-13(31-29-8-28-30-31)16(9-1-3-14(11(20)5-9)32-17(22,23)24)10-2-4-15(12(21)6-10)33-18(25,26)27/h1-6,8,13,16H,7H2. The van der Waals surface area contributed by atoms with E-state index in [0.29, 0.717) is 24.3 Å². The van der Waals surface area contributed by atoms with Gasteiger partial charge in [0.25, 0.3) is 0 Å². The summed E-state index contributed by atoms with van der Waals surface area (Å²) in [6.45, 7) is -1.24. The van der Waals surface area contributed by atoms with Gasteiger partial charge in [-0.1, -0.05) is 12.1 Å². The molecule has 33 heavy (non-hydrogen) atoms. The van der Waals surface area contributed by atoms with Crippen LogP contribution in [0.25, 0.3) is 0 Å². The predicted octanol–water partition coefficient (Wildman–Crippen LogP) is 5.09. The summed E-state index contributed by atoms with van der Waals surface area (Å²) in [5, 5.41) is 10.6.